The molecule has 1 aromatic carbocycles. The van der Waals surface area contributed by atoms with Crippen molar-refractivity contribution in [2.45, 2.75) is 18.5 Å². The highest BCUT2D eigenvalue weighted by molar-refractivity contribution is 7.91. The van der Waals surface area contributed by atoms with Crippen molar-refractivity contribution in [2.75, 3.05) is 11.5 Å². The van der Waals surface area contributed by atoms with Crippen LogP contribution >= 0.6 is 0 Å². The molecule has 3 N–H and O–H groups in total. The molecule has 98 valence electrons. The van der Waals surface area contributed by atoms with E-state index in [1.807, 2.05) is 18.2 Å². The number of carbonyl (C=O) groups excluding carboxylic acids is 1. The number of nitrogens with two attached hydrogens (primary N) is 1. The Bertz CT molecular complexity index is 528. The van der Waals surface area contributed by atoms with Crippen LogP contribution in [0.2, 0.25) is 0 Å². The van der Waals surface area contributed by atoms with E-state index in [1.54, 1.807) is 12.1 Å². The van der Waals surface area contributed by atoms with Crippen LogP contribution in [0.4, 0.5) is 0 Å². The number of benzene rings is 1. The average Bonchev–Trinajstić information content (AvgIpc) is 2.68. The molecule has 0 aliphatic carbocycles. The number of rotatable bonds is 3. The molecule has 1 saturated heterocycles. The second kappa shape index (κ2) is 5.07. The van der Waals surface area contributed by atoms with Crippen molar-refractivity contribution in [2.24, 2.45) is 5.73 Å². The van der Waals surface area contributed by atoms with Crippen molar-refractivity contribution in [1.29, 1.82) is 0 Å². The summed E-state index contributed by atoms with van der Waals surface area (Å²) in [6, 6.07) is 7.94. The minimum absolute atomic E-state index is 0.0141. The minimum Gasteiger partial charge on any atom is -0.351 e. The summed E-state index contributed by atoms with van der Waals surface area (Å²) < 4.78 is 22.6. The van der Waals surface area contributed by atoms with Gasteiger partial charge >= 0.3 is 0 Å². The van der Waals surface area contributed by atoms with Crippen molar-refractivity contribution in [3.8, 4) is 0 Å². The van der Waals surface area contributed by atoms with Crippen LogP contribution in [0.1, 0.15) is 18.0 Å². The predicted molar refractivity (Wildman–Crippen MR) is 68.6 cm³/mol. The Morgan fingerprint density at radius 2 is 2.00 bits per heavy atom. The van der Waals surface area contributed by atoms with Crippen LogP contribution in [-0.4, -0.2) is 31.9 Å². The molecule has 1 unspecified atom stereocenters. The lowest BCUT2D eigenvalue weighted by molar-refractivity contribution is -0.123. The van der Waals surface area contributed by atoms with Crippen LogP contribution in [0.5, 0.6) is 0 Å². The molecule has 1 aromatic rings. The molecule has 0 spiro atoms. The summed E-state index contributed by atoms with van der Waals surface area (Å²) in [5, 5.41) is 2.69. The highest BCUT2D eigenvalue weighted by atomic mass is 32.2. The van der Waals surface area contributed by atoms with E-state index in [9.17, 15) is 13.2 Å². The molecule has 18 heavy (non-hydrogen) atoms. The van der Waals surface area contributed by atoms with Gasteiger partial charge in [-0.25, -0.2) is 8.42 Å². The van der Waals surface area contributed by atoms with E-state index < -0.39 is 15.9 Å². The van der Waals surface area contributed by atoms with Gasteiger partial charge in [-0.05, 0) is 12.0 Å². The zero-order chi connectivity index (χ0) is 13.2. The Kier molecular flexibility index (Phi) is 3.68. The molecule has 1 fully saturated rings. The monoisotopic (exact) mass is 268 g/mol. The van der Waals surface area contributed by atoms with Gasteiger partial charge in [0.2, 0.25) is 5.91 Å². The van der Waals surface area contributed by atoms with Crippen LogP contribution < -0.4 is 11.1 Å². The highest BCUT2D eigenvalue weighted by Gasteiger charge is 2.30. The maximum absolute atomic E-state index is 11.9. The van der Waals surface area contributed by atoms with Gasteiger partial charge in [0.1, 0.15) is 6.04 Å². The first kappa shape index (κ1) is 13.0. The zero-order valence-corrected chi connectivity index (χ0v) is 10.7. The van der Waals surface area contributed by atoms with Crippen LogP contribution in [0.25, 0.3) is 0 Å². The van der Waals surface area contributed by atoms with Crippen molar-refractivity contribution in [3.63, 3.8) is 0 Å². The standard InChI is InChI=1S/C12H16N2O3S/c13-11(9-4-2-1-3-5-9)12(15)14-10-6-7-18(16,17)8-10/h1-5,10-11H,6-8,13H2,(H,14,15)/t10?,11-/m1/s1. The Balaban J connectivity index is 1.97. The van der Waals surface area contributed by atoms with Gasteiger partial charge in [-0.15, -0.1) is 0 Å². The number of nitrogens with one attached hydrogen (secondary N) is 1. The van der Waals surface area contributed by atoms with Gasteiger partial charge in [-0.2, -0.15) is 0 Å². The van der Waals surface area contributed by atoms with Crippen molar-refractivity contribution in [1.82, 2.24) is 5.32 Å². The number of carbonyl (C=O) groups is 1. The largest absolute Gasteiger partial charge is 0.351 e. The summed E-state index contributed by atoms with van der Waals surface area (Å²) in [5.74, 6) is -0.179. The Morgan fingerprint density at radius 3 is 2.56 bits per heavy atom. The van der Waals surface area contributed by atoms with Gasteiger partial charge in [-0.3, -0.25) is 4.79 Å². The Hall–Kier alpha value is -1.40. The van der Waals surface area contributed by atoms with E-state index >= 15 is 0 Å². The van der Waals surface area contributed by atoms with Crippen LogP contribution in [-0.2, 0) is 14.6 Å². The third-order valence-corrected chi connectivity index (χ3v) is 4.79. The van der Waals surface area contributed by atoms with E-state index in [1.165, 1.54) is 0 Å². The number of sulfone groups is 1. The summed E-state index contributed by atoms with van der Waals surface area (Å²) in [7, 11) is -2.99. The summed E-state index contributed by atoms with van der Waals surface area (Å²) >= 11 is 0. The Morgan fingerprint density at radius 1 is 1.33 bits per heavy atom. The number of hydrogen-bond acceptors (Lipinski definition) is 4. The minimum atomic E-state index is -2.99. The summed E-state index contributed by atoms with van der Waals surface area (Å²) in [4.78, 5) is 11.9. The van der Waals surface area contributed by atoms with Crippen molar-refractivity contribution < 1.29 is 13.2 Å². The SMILES string of the molecule is N[C@@H](C(=O)NC1CCS(=O)(=O)C1)c1ccccc1. The maximum atomic E-state index is 11.9. The molecular weight excluding hydrogens is 252 g/mol. The molecule has 1 amide bonds. The van der Waals surface area contributed by atoms with Gasteiger partial charge in [-0.1, -0.05) is 30.3 Å². The fraction of sp³-hybridized carbons (Fsp3) is 0.417. The first-order chi connectivity index (χ1) is 8.48. The van der Waals surface area contributed by atoms with Crippen molar-refractivity contribution >= 4 is 15.7 Å². The normalized spacial score (nSPS) is 23.5. The number of hydrogen-bond donors (Lipinski definition) is 2. The molecule has 2 atom stereocenters. The van der Waals surface area contributed by atoms with Crippen LogP contribution in [0, 0.1) is 0 Å². The third kappa shape index (κ3) is 3.08. The summed E-state index contributed by atoms with van der Waals surface area (Å²) in [6.45, 7) is 0. The lowest BCUT2D eigenvalue weighted by atomic mass is 10.1. The topological polar surface area (TPSA) is 89.3 Å². The van der Waals surface area contributed by atoms with Crippen molar-refractivity contribution in [3.05, 3.63) is 35.9 Å². The molecule has 0 bridgehead atoms. The van der Waals surface area contributed by atoms with Gasteiger partial charge in [0, 0.05) is 6.04 Å². The first-order valence-corrected chi connectivity index (χ1v) is 7.61. The average molecular weight is 268 g/mol. The zero-order valence-electron chi connectivity index (χ0n) is 9.87. The van der Waals surface area contributed by atoms with E-state index in [-0.39, 0.29) is 23.5 Å². The lowest BCUT2D eigenvalue weighted by Gasteiger charge is -2.16. The molecular formula is C12H16N2O3S. The lowest BCUT2D eigenvalue weighted by Crippen LogP contribution is -2.41. The fourth-order valence-electron chi connectivity index (χ4n) is 2.01. The molecule has 0 radical (unpaired) electrons. The molecule has 1 aliphatic heterocycles. The Labute approximate surface area is 106 Å². The second-order valence-corrected chi connectivity index (χ2v) is 6.73. The molecule has 1 aliphatic rings. The molecule has 5 nitrogen and oxygen atoms in total. The van der Waals surface area contributed by atoms with Crippen LogP contribution in [0.3, 0.4) is 0 Å². The smallest absolute Gasteiger partial charge is 0.241 e. The van der Waals surface area contributed by atoms with Gasteiger partial charge in [0.15, 0.2) is 9.84 Å². The molecule has 1 heterocycles. The molecule has 0 aromatic heterocycles. The number of amides is 1. The summed E-state index contributed by atoms with van der Waals surface area (Å²) in [6.07, 6.45) is 0.468. The second-order valence-electron chi connectivity index (χ2n) is 4.50. The summed E-state index contributed by atoms with van der Waals surface area (Å²) in [5.41, 5.74) is 6.54. The van der Waals surface area contributed by atoms with Gasteiger partial charge in [0.25, 0.3) is 0 Å². The van der Waals surface area contributed by atoms with Gasteiger partial charge in [0.05, 0.1) is 11.5 Å². The van der Waals surface area contributed by atoms with Crippen LogP contribution in [0.15, 0.2) is 30.3 Å². The van der Waals surface area contributed by atoms with Gasteiger partial charge < -0.3 is 11.1 Å². The predicted octanol–water partition coefficient (Wildman–Crippen LogP) is -0.0103. The van der Waals surface area contributed by atoms with E-state index in [0.717, 1.165) is 5.56 Å². The van der Waals surface area contributed by atoms with E-state index in [0.29, 0.717) is 6.42 Å². The quantitative estimate of drug-likeness (QED) is 0.807. The maximum Gasteiger partial charge on any atom is 0.241 e. The first-order valence-electron chi connectivity index (χ1n) is 5.79. The molecule has 0 saturated carbocycles. The fourth-order valence-corrected chi connectivity index (χ4v) is 3.68. The van der Waals surface area contributed by atoms with E-state index in [2.05, 4.69) is 5.32 Å². The third-order valence-electron chi connectivity index (χ3n) is 3.02. The van der Waals surface area contributed by atoms with E-state index in [4.69, 9.17) is 5.73 Å². The molecule has 2 rings (SSSR count). The molecule has 6 heteroatoms. The highest BCUT2D eigenvalue weighted by Crippen LogP contribution is 2.14.